The number of benzene rings is 1. The molecule has 0 fully saturated rings. The topological polar surface area (TPSA) is 93.7 Å². The van der Waals surface area contributed by atoms with Gasteiger partial charge in [0.15, 0.2) is 0 Å². The molecule has 1 aromatic rings. The summed E-state index contributed by atoms with van der Waals surface area (Å²) in [5.74, 6) is 0. The molecule has 0 aromatic heterocycles. The molecular formula is C12H21NO3S. The number of rotatable bonds is 3. The van der Waals surface area contributed by atoms with Gasteiger partial charge < -0.3 is 10.7 Å². The molecule has 0 saturated carbocycles. The lowest BCUT2D eigenvalue weighted by Crippen LogP contribution is -2.36. The highest BCUT2D eigenvalue weighted by Crippen LogP contribution is 2.28. The maximum atomic E-state index is 11.2. The van der Waals surface area contributed by atoms with Crippen LogP contribution in [0.3, 0.4) is 0 Å². The summed E-state index contributed by atoms with van der Waals surface area (Å²) in [6, 6.07) is 9.22. The maximum Gasteiger partial charge on any atom is 0.0983 e. The lowest BCUT2D eigenvalue weighted by Gasteiger charge is -2.32. The Labute approximate surface area is 103 Å². The lowest BCUT2D eigenvalue weighted by molar-refractivity contribution is 0.343. The Hall–Kier alpha value is -0.910. The zero-order chi connectivity index (χ0) is 12.4. The Morgan fingerprint density at radius 2 is 1.65 bits per heavy atom. The van der Waals surface area contributed by atoms with Crippen molar-refractivity contribution in [3.05, 3.63) is 35.9 Å². The van der Waals surface area contributed by atoms with Gasteiger partial charge in [0, 0.05) is 0 Å². The highest BCUT2D eigenvalue weighted by Gasteiger charge is 2.30. The predicted octanol–water partition coefficient (Wildman–Crippen LogP) is 2.57. The van der Waals surface area contributed by atoms with Gasteiger partial charge in [0.25, 0.3) is 0 Å². The summed E-state index contributed by atoms with van der Waals surface area (Å²) in [4.78, 5) is 0. The van der Waals surface area contributed by atoms with Gasteiger partial charge in [-0.3, -0.25) is 0 Å². The van der Waals surface area contributed by atoms with E-state index in [9.17, 15) is 13.0 Å². The van der Waals surface area contributed by atoms with Gasteiger partial charge >= 0.3 is 0 Å². The SMILES string of the molecule is CC(C)(C)C(Cc1ccccc1)S(=O)(=O)[O-].[NH4+]. The zero-order valence-electron chi connectivity index (χ0n) is 10.8. The predicted molar refractivity (Wildman–Crippen MR) is 69.1 cm³/mol. The van der Waals surface area contributed by atoms with E-state index >= 15 is 0 Å². The van der Waals surface area contributed by atoms with Gasteiger partial charge in [0.2, 0.25) is 0 Å². The van der Waals surface area contributed by atoms with Gasteiger partial charge in [-0.05, 0) is 17.4 Å². The molecule has 0 heterocycles. The van der Waals surface area contributed by atoms with Crippen molar-refractivity contribution in [2.45, 2.75) is 32.4 Å². The van der Waals surface area contributed by atoms with Crippen molar-refractivity contribution in [2.24, 2.45) is 5.41 Å². The normalized spacial score (nSPS) is 13.9. The van der Waals surface area contributed by atoms with Gasteiger partial charge in [0.05, 0.1) is 15.4 Å². The summed E-state index contributed by atoms with van der Waals surface area (Å²) in [5, 5.41) is -0.887. The molecule has 0 aliphatic heterocycles. The van der Waals surface area contributed by atoms with E-state index in [2.05, 4.69) is 0 Å². The van der Waals surface area contributed by atoms with Gasteiger partial charge in [-0.15, -0.1) is 0 Å². The van der Waals surface area contributed by atoms with Gasteiger partial charge in [-0.25, -0.2) is 8.42 Å². The van der Waals surface area contributed by atoms with Crippen molar-refractivity contribution in [1.29, 1.82) is 0 Å². The highest BCUT2D eigenvalue weighted by molar-refractivity contribution is 7.86. The fourth-order valence-electron chi connectivity index (χ4n) is 1.67. The van der Waals surface area contributed by atoms with E-state index in [-0.39, 0.29) is 12.6 Å². The first-order valence-corrected chi connectivity index (χ1v) is 6.67. The second kappa shape index (κ2) is 5.62. The molecule has 5 heteroatoms. The molecule has 17 heavy (non-hydrogen) atoms. The Balaban J connectivity index is 0.00000256. The molecule has 0 saturated heterocycles. The quantitative estimate of drug-likeness (QED) is 0.845. The molecule has 0 radical (unpaired) electrons. The lowest BCUT2D eigenvalue weighted by atomic mass is 9.88. The third kappa shape index (κ3) is 4.85. The van der Waals surface area contributed by atoms with Crippen molar-refractivity contribution in [2.75, 3.05) is 0 Å². The average molecular weight is 259 g/mol. The minimum atomic E-state index is -4.27. The Morgan fingerprint density at radius 1 is 1.18 bits per heavy atom. The summed E-state index contributed by atoms with van der Waals surface area (Å²) < 4.78 is 33.7. The minimum absolute atomic E-state index is 0. The molecule has 0 bridgehead atoms. The van der Waals surface area contributed by atoms with Crippen molar-refractivity contribution in [1.82, 2.24) is 6.15 Å². The maximum absolute atomic E-state index is 11.2. The molecule has 0 spiro atoms. The van der Waals surface area contributed by atoms with Crippen LogP contribution >= 0.6 is 0 Å². The van der Waals surface area contributed by atoms with Crippen molar-refractivity contribution in [3.8, 4) is 0 Å². The van der Waals surface area contributed by atoms with Crippen LogP contribution in [0.4, 0.5) is 0 Å². The first-order valence-electron chi connectivity index (χ1n) is 5.20. The molecule has 4 nitrogen and oxygen atoms in total. The van der Waals surface area contributed by atoms with E-state index in [1.807, 2.05) is 30.3 Å². The largest absolute Gasteiger partial charge is 0.748 e. The minimum Gasteiger partial charge on any atom is -0.748 e. The number of quaternary nitrogens is 1. The van der Waals surface area contributed by atoms with E-state index in [0.717, 1.165) is 5.56 Å². The average Bonchev–Trinajstić information content (AvgIpc) is 2.12. The third-order valence-corrected chi connectivity index (χ3v) is 4.15. The molecule has 1 unspecified atom stereocenters. The first kappa shape index (κ1) is 16.1. The van der Waals surface area contributed by atoms with Crippen LogP contribution in [-0.4, -0.2) is 18.2 Å². The number of hydrogen-bond acceptors (Lipinski definition) is 3. The van der Waals surface area contributed by atoms with Crippen LogP contribution < -0.4 is 6.15 Å². The van der Waals surface area contributed by atoms with Gasteiger partial charge in [-0.1, -0.05) is 51.1 Å². The molecule has 1 rings (SSSR count). The highest BCUT2D eigenvalue weighted by atomic mass is 32.2. The monoisotopic (exact) mass is 259 g/mol. The van der Waals surface area contributed by atoms with Crippen LogP contribution in [0, 0.1) is 5.41 Å². The third-order valence-electron chi connectivity index (χ3n) is 2.58. The smallest absolute Gasteiger partial charge is 0.0983 e. The molecule has 0 amide bonds. The van der Waals surface area contributed by atoms with Crippen molar-refractivity contribution >= 4 is 10.1 Å². The molecule has 1 atom stereocenters. The summed E-state index contributed by atoms with van der Waals surface area (Å²) in [6.45, 7) is 5.32. The fraction of sp³-hybridized carbons (Fsp3) is 0.500. The molecule has 1 aromatic carbocycles. The van der Waals surface area contributed by atoms with Crippen LogP contribution in [0.15, 0.2) is 30.3 Å². The van der Waals surface area contributed by atoms with Crippen molar-refractivity contribution in [3.63, 3.8) is 0 Å². The van der Waals surface area contributed by atoms with E-state index in [1.54, 1.807) is 20.8 Å². The summed E-state index contributed by atoms with van der Waals surface area (Å²) in [6.07, 6.45) is 0.274. The van der Waals surface area contributed by atoms with Gasteiger partial charge in [-0.2, -0.15) is 0 Å². The fourth-order valence-corrected chi connectivity index (χ4v) is 2.93. The Morgan fingerprint density at radius 3 is 2.00 bits per heavy atom. The zero-order valence-corrected chi connectivity index (χ0v) is 11.6. The molecule has 4 N–H and O–H groups in total. The van der Waals surface area contributed by atoms with E-state index in [1.165, 1.54) is 0 Å². The van der Waals surface area contributed by atoms with Crippen LogP contribution in [0.1, 0.15) is 26.3 Å². The van der Waals surface area contributed by atoms with Crippen molar-refractivity contribution < 1.29 is 13.0 Å². The summed E-state index contributed by atoms with van der Waals surface area (Å²) in [5.41, 5.74) is 0.331. The second-order valence-corrected chi connectivity index (χ2v) is 6.59. The van der Waals surface area contributed by atoms with E-state index in [0.29, 0.717) is 0 Å². The molecule has 0 aliphatic carbocycles. The van der Waals surface area contributed by atoms with Crippen LogP contribution in [0.5, 0.6) is 0 Å². The van der Waals surface area contributed by atoms with Crippen LogP contribution in [-0.2, 0) is 16.5 Å². The van der Waals surface area contributed by atoms with Gasteiger partial charge in [0.1, 0.15) is 0 Å². The van der Waals surface area contributed by atoms with E-state index in [4.69, 9.17) is 0 Å². The molecule has 98 valence electrons. The Kier molecular flexibility index (Phi) is 5.32. The standard InChI is InChI=1S/C12H18O3S.H3N/c1-12(2,3)11(16(13,14)15)9-10-7-5-4-6-8-10;/h4-8,11H,9H2,1-3H3,(H,13,14,15);1H3. The molecular weight excluding hydrogens is 238 g/mol. The van der Waals surface area contributed by atoms with E-state index < -0.39 is 20.8 Å². The Bertz CT molecular complexity index is 435. The summed E-state index contributed by atoms with van der Waals surface area (Å²) in [7, 11) is -4.27. The molecule has 0 aliphatic rings. The summed E-state index contributed by atoms with van der Waals surface area (Å²) >= 11 is 0. The second-order valence-electron chi connectivity index (χ2n) is 5.04. The van der Waals surface area contributed by atoms with Crippen LogP contribution in [0.2, 0.25) is 0 Å². The first-order chi connectivity index (χ1) is 7.21. The van der Waals surface area contributed by atoms with Crippen LogP contribution in [0.25, 0.3) is 0 Å². The number of hydrogen-bond donors (Lipinski definition) is 1.